The van der Waals surface area contributed by atoms with E-state index in [1.165, 1.54) is 12.1 Å². The maximum Gasteiger partial charge on any atom is 0.145 e. The van der Waals surface area contributed by atoms with Crippen LogP contribution >= 0.6 is 15.9 Å². The largest absolute Gasteiger partial charge is 0.309 e. The highest BCUT2D eigenvalue weighted by atomic mass is 79.9. The van der Waals surface area contributed by atoms with Crippen LogP contribution in [-0.4, -0.2) is 12.0 Å². The summed E-state index contributed by atoms with van der Waals surface area (Å²) in [4.78, 5) is 3.96. The van der Waals surface area contributed by atoms with Crippen molar-refractivity contribution in [1.29, 1.82) is 0 Å². The van der Waals surface area contributed by atoms with Gasteiger partial charge in [0.05, 0.1) is 10.5 Å². The molecular weight excluding hydrogens is 302 g/mol. The molecule has 1 aromatic heterocycles. The summed E-state index contributed by atoms with van der Waals surface area (Å²) in [7, 11) is 1.65. The maximum absolute atomic E-state index is 14.0. The molecule has 0 aliphatic heterocycles. The topological polar surface area (TPSA) is 24.9 Å². The van der Waals surface area contributed by atoms with Crippen molar-refractivity contribution in [2.75, 3.05) is 7.05 Å². The molecule has 1 unspecified atom stereocenters. The fourth-order valence-corrected chi connectivity index (χ4v) is 2.18. The summed E-state index contributed by atoms with van der Waals surface area (Å²) in [6, 6.07) is 5.52. The standard InChI is InChI=1S/C13H11BrF2N2/c1-17-13(8-3-2-6-18-7-8)11-10(15)5-4-9(14)12(11)16/h2-7,13,17H,1H3. The first-order valence-corrected chi connectivity index (χ1v) is 6.15. The molecule has 94 valence electrons. The van der Waals surface area contributed by atoms with E-state index in [1.54, 1.807) is 31.6 Å². The smallest absolute Gasteiger partial charge is 0.145 e. The van der Waals surface area contributed by atoms with E-state index in [4.69, 9.17) is 0 Å². The molecule has 0 saturated heterocycles. The zero-order valence-electron chi connectivity index (χ0n) is 9.62. The molecular formula is C13H11BrF2N2. The number of hydrogen-bond acceptors (Lipinski definition) is 2. The Morgan fingerprint density at radius 1 is 1.28 bits per heavy atom. The summed E-state index contributed by atoms with van der Waals surface area (Å²) in [5.41, 5.74) is 0.691. The predicted molar refractivity (Wildman–Crippen MR) is 69.2 cm³/mol. The lowest BCUT2D eigenvalue weighted by Crippen LogP contribution is -2.20. The fourth-order valence-electron chi connectivity index (χ4n) is 1.83. The molecule has 0 aliphatic carbocycles. The van der Waals surface area contributed by atoms with Gasteiger partial charge in [0.2, 0.25) is 0 Å². The second kappa shape index (κ2) is 5.54. The van der Waals surface area contributed by atoms with Crippen LogP contribution in [0.4, 0.5) is 8.78 Å². The van der Waals surface area contributed by atoms with Gasteiger partial charge in [-0.1, -0.05) is 6.07 Å². The number of nitrogens with one attached hydrogen (secondary N) is 1. The average Bonchev–Trinajstić information content (AvgIpc) is 2.40. The number of pyridine rings is 1. The van der Waals surface area contributed by atoms with Gasteiger partial charge >= 0.3 is 0 Å². The number of halogens is 3. The van der Waals surface area contributed by atoms with Gasteiger partial charge in [0, 0.05) is 18.0 Å². The summed E-state index contributed by atoms with van der Waals surface area (Å²) >= 11 is 3.07. The van der Waals surface area contributed by atoms with Crippen LogP contribution in [0, 0.1) is 11.6 Å². The van der Waals surface area contributed by atoms with E-state index in [0.717, 1.165) is 0 Å². The van der Waals surface area contributed by atoms with E-state index < -0.39 is 17.7 Å². The van der Waals surface area contributed by atoms with Crippen LogP contribution in [0.15, 0.2) is 41.1 Å². The number of nitrogens with zero attached hydrogens (tertiary/aromatic N) is 1. The van der Waals surface area contributed by atoms with E-state index in [2.05, 4.69) is 26.2 Å². The lowest BCUT2D eigenvalue weighted by Gasteiger charge is -2.18. The number of benzene rings is 1. The molecule has 1 heterocycles. The van der Waals surface area contributed by atoms with Crippen LogP contribution in [0.1, 0.15) is 17.2 Å². The zero-order chi connectivity index (χ0) is 13.1. The Balaban J connectivity index is 2.56. The molecule has 0 fully saturated rings. The molecule has 2 aromatic rings. The van der Waals surface area contributed by atoms with E-state index >= 15 is 0 Å². The van der Waals surface area contributed by atoms with Crippen molar-refractivity contribution < 1.29 is 8.78 Å². The van der Waals surface area contributed by atoms with Gasteiger partial charge in [-0.2, -0.15) is 0 Å². The second-order valence-electron chi connectivity index (χ2n) is 3.76. The maximum atomic E-state index is 14.0. The highest BCUT2D eigenvalue weighted by molar-refractivity contribution is 9.10. The number of hydrogen-bond donors (Lipinski definition) is 1. The summed E-state index contributed by atoms with van der Waals surface area (Å²) in [5, 5.41) is 2.90. The Morgan fingerprint density at radius 3 is 2.67 bits per heavy atom. The minimum absolute atomic E-state index is 0.0140. The predicted octanol–water partition coefficient (Wildman–Crippen LogP) is 3.43. The molecule has 0 radical (unpaired) electrons. The average molecular weight is 313 g/mol. The van der Waals surface area contributed by atoms with Gasteiger partial charge in [0.25, 0.3) is 0 Å². The van der Waals surface area contributed by atoms with E-state index in [9.17, 15) is 8.78 Å². The van der Waals surface area contributed by atoms with Crippen LogP contribution in [0.25, 0.3) is 0 Å². The van der Waals surface area contributed by atoms with Gasteiger partial charge in [0.1, 0.15) is 11.6 Å². The Morgan fingerprint density at radius 2 is 2.06 bits per heavy atom. The van der Waals surface area contributed by atoms with Crippen LogP contribution < -0.4 is 5.32 Å². The Bertz CT molecular complexity index is 546. The normalized spacial score (nSPS) is 12.4. The van der Waals surface area contributed by atoms with E-state index in [0.29, 0.717) is 5.56 Å². The van der Waals surface area contributed by atoms with Gasteiger partial charge in [-0.25, -0.2) is 8.78 Å². The van der Waals surface area contributed by atoms with Crippen molar-refractivity contribution in [3.8, 4) is 0 Å². The molecule has 0 saturated carbocycles. The van der Waals surface area contributed by atoms with Crippen molar-refractivity contribution in [1.82, 2.24) is 10.3 Å². The van der Waals surface area contributed by atoms with Crippen LogP contribution in [0.3, 0.4) is 0 Å². The summed E-state index contributed by atoms with van der Waals surface area (Å²) in [6.07, 6.45) is 3.20. The molecule has 0 spiro atoms. The molecule has 2 nitrogen and oxygen atoms in total. The SMILES string of the molecule is CNC(c1cccnc1)c1c(F)ccc(Br)c1F. The zero-order valence-corrected chi connectivity index (χ0v) is 11.2. The molecule has 18 heavy (non-hydrogen) atoms. The third-order valence-corrected chi connectivity index (χ3v) is 3.29. The van der Waals surface area contributed by atoms with Crippen molar-refractivity contribution in [2.24, 2.45) is 0 Å². The Labute approximate surface area is 112 Å². The molecule has 0 aliphatic rings. The molecule has 5 heteroatoms. The summed E-state index contributed by atoms with van der Waals surface area (Å²) < 4.78 is 28.1. The van der Waals surface area contributed by atoms with Crippen molar-refractivity contribution in [3.05, 3.63) is 63.9 Å². The fraction of sp³-hybridized carbons (Fsp3) is 0.154. The molecule has 2 rings (SSSR count). The first-order valence-electron chi connectivity index (χ1n) is 5.35. The van der Waals surface area contributed by atoms with Crippen molar-refractivity contribution >= 4 is 15.9 Å². The van der Waals surface area contributed by atoms with Gasteiger partial charge < -0.3 is 5.32 Å². The summed E-state index contributed by atoms with van der Waals surface area (Å²) in [5.74, 6) is -1.18. The van der Waals surface area contributed by atoms with Gasteiger partial charge in [-0.15, -0.1) is 0 Å². The van der Waals surface area contributed by atoms with E-state index in [-0.39, 0.29) is 10.0 Å². The third kappa shape index (κ3) is 2.42. The van der Waals surface area contributed by atoms with Crippen LogP contribution in [-0.2, 0) is 0 Å². The van der Waals surface area contributed by atoms with Crippen molar-refractivity contribution in [3.63, 3.8) is 0 Å². The third-order valence-electron chi connectivity index (χ3n) is 2.67. The molecule has 0 amide bonds. The number of aromatic nitrogens is 1. The lowest BCUT2D eigenvalue weighted by atomic mass is 9.99. The molecule has 1 aromatic carbocycles. The Kier molecular flexibility index (Phi) is 4.04. The Hall–Kier alpha value is -1.33. The summed E-state index contributed by atoms with van der Waals surface area (Å²) in [6.45, 7) is 0. The lowest BCUT2D eigenvalue weighted by molar-refractivity contribution is 0.518. The van der Waals surface area contributed by atoms with Gasteiger partial charge in [0.15, 0.2) is 0 Å². The van der Waals surface area contributed by atoms with Gasteiger partial charge in [-0.3, -0.25) is 4.98 Å². The van der Waals surface area contributed by atoms with Crippen LogP contribution in [0.5, 0.6) is 0 Å². The van der Waals surface area contributed by atoms with E-state index in [1.807, 2.05) is 0 Å². The number of rotatable bonds is 3. The minimum atomic E-state index is -0.599. The monoisotopic (exact) mass is 312 g/mol. The van der Waals surface area contributed by atoms with Crippen molar-refractivity contribution in [2.45, 2.75) is 6.04 Å². The highest BCUT2D eigenvalue weighted by Crippen LogP contribution is 2.30. The molecule has 1 N–H and O–H groups in total. The first-order chi connectivity index (χ1) is 8.65. The molecule has 0 bridgehead atoms. The highest BCUT2D eigenvalue weighted by Gasteiger charge is 2.22. The first kappa shape index (κ1) is 13.1. The quantitative estimate of drug-likeness (QED) is 0.878. The molecule has 1 atom stereocenters. The van der Waals surface area contributed by atoms with Gasteiger partial charge in [-0.05, 0) is 46.7 Å². The minimum Gasteiger partial charge on any atom is -0.309 e. The van der Waals surface area contributed by atoms with Crippen LogP contribution in [0.2, 0.25) is 0 Å². The second-order valence-corrected chi connectivity index (χ2v) is 4.62.